The van der Waals surface area contributed by atoms with Crippen molar-refractivity contribution in [2.24, 2.45) is 27.6 Å². The minimum absolute atomic E-state index is 0.242. The van der Waals surface area contributed by atoms with Gasteiger partial charge in [0.15, 0.2) is 6.10 Å². The zero-order valence-electron chi connectivity index (χ0n) is 78.9. The number of benzene rings is 4. The van der Waals surface area contributed by atoms with E-state index in [2.05, 4.69) is 61.8 Å². The number of nitro groups is 2. The lowest BCUT2D eigenvalue weighted by molar-refractivity contribution is -0.385. The summed E-state index contributed by atoms with van der Waals surface area (Å²) >= 11 is 33.7. The van der Waals surface area contributed by atoms with Gasteiger partial charge < -0.3 is 59.2 Å². The number of halogens is 6. The number of amides is 5. The Morgan fingerprint density at radius 3 is 1.44 bits per heavy atom. The molecule has 5 amide bonds. The van der Waals surface area contributed by atoms with Gasteiger partial charge in [-0.2, -0.15) is 0 Å². The summed E-state index contributed by atoms with van der Waals surface area (Å²) in [6.07, 6.45) is 11.3. The molecule has 6 N–H and O–H groups in total. The normalized spacial score (nSPS) is 18.5. The van der Waals surface area contributed by atoms with E-state index in [4.69, 9.17) is 113 Å². The molecule has 6 aromatic rings. The maximum absolute atomic E-state index is 14.1. The summed E-state index contributed by atoms with van der Waals surface area (Å²) in [4.78, 5) is 178. The first-order chi connectivity index (χ1) is 64.3. The van der Waals surface area contributed by atoms with Crippen molar-refractivity contribution in [1.82, 2.24) is 46.8 Å². The van der Waals surface area contributed by atoms with E-state index in [1.54, 1.807) is 27.7 Å². The molecular weight excluding hydrogens is 1910 g/mol. The van der Waals surface area contributed by atoms with Gasteiger partial charge >= 0.3 is 35.9 Å². The van der Waals surface area contributed by atoms with Gasteiger partial charge in [0.05, 0.1) is 49.5 Å². The second kappa shape index (κ2) is 51.4. The third kappa shape index (κ3) is 34.4. The fourth-order valence-electron chi connectivity index (χ4n) is 14.7. The smallest absolute Gasteiger partial charge is 0.408 e. The number of aliphatic hydroxyl groups is 1. The number of aliphatic hydroxyl groups excluding tert-OH is 1. The molecule has 43 heteroatoms. The van der Waals surface area contributed by atoms with E-state index in [-0.39, 0.29) is 40.1 Å². The highest BCUT2D eigenvalue weighted by Gasteiger charge is 2.45. The fourth-order valence-corrected chi connectivity index (χ4v) is 15.0. The Hall–Kier alpha value is -11.3. The van der Waals surface area contributed by atoms with Crippen LogP contribution in [0, 0.1) is 51.3 Å². The Bertz CT molecular complexity index is 5370. The van der Waals surface area contributed by atoms with Crippen LogP contribution in [0.1, 0.15) is 226 Å². The molecule has 2 saturated carbocycles. The van der Waals surface area contributed by atoms with Crippen LogP contribution in [-0.2, 0) is 76.5 Å². The number of hydrogen-bond acceptors (Lipinski definition) is 30. The number of pyridine rings is 2. The minimum Gasteiger partial charge on any atom is -0.460 e. The summed E-state index contributed by atoms with van der Waals surface area (Å²) in [6.45, 7) is 24.7. The minimum atomic E-state index is -1.77. The number of alkyl halides is 6. The maximum atomic E-state index is 14.1. The van der Waals surface area contributed by atoms with E-state index >= 15 is 0 Å². The zero-order valence-corrected chi connectivity index (χ0v) is 83.4. The van der Waals surface area contributed by atoms with E-state index in [0.29, 0.717) is 96.6 Å². The number of oxime groups is 2. The highest BCUT2D eigenvalue weighted by molar-refractivity contribution is 6.68. The van der Waals surface area contributed by atoms with E-state index < -0.39 is 160 Å². The molecule has 1 unspecified atom stereocenters. The van der Waals surface area contributed by atoms with Crippen molar-refractivity contribution in [1.29, 1.82) is 0 Å². The number of nitro benzene ring substituents is 2. The number of alkyl carbamates (subject to hydrolysis) is 1. The van der Waals surface area contributed by atoms with Crippen molar-refractivity contribution in [3.63, 3.8) is 0 Å². The lowest BCUT2D eigenvalue weighted by atomic mass is 9.73. The molecule has 2 aromatic heterocycles. The third-order valence-electron chi connectivity index (χ3n) is 22.1. The van der Waals surface area contributed by atoms with Crippen LogP contribution in [0.2, 0.25) is 0 Å². The standard InChI is InChI=1S/C37H48Cl3N5O7.C26H33N3O5.C16H12N2O7.C15H24Cl3N3O5/c1-22(2)28-12-11-26-10-9-25(20-30(26)42-28)13-16-36(17-14-27(15-18-36)44-50-6)35(49)52-31(23(3)4)32(46)41-24(5)33(47)45-19-7-8-29(43-45)34(48)51-21-37(38,39)40;1-18(27-24(31)34-25(2,3)4)22-9-8-20-7-6-19(16-23(20)28-22)10-13-26(33-17-30)14-11-21(12-15-26)29-32-5;1-9-5-3-7-11(17(21)22)13(9)15(19)25-16(20)14-10(2)6-4-8-12(14)18(23)24;1-8(2)11(22)12(23)19-9(3)13(24)21-6-4-5-10(20-21)14(25)26-7-15(16,17)18/h9-13,16,20,22-24,29,31,43H,7-8,14-15,17-19,21H2,1-6H3,(H,41,46);6-10,13,16-18H,11-12,14-15H2,1-5H3,(H,27,31);3-8H,1-2H3;8-11,20,22H,4-7H2,1-3H3,(H,19,23)/b16-13+,44-27?;13-10+,29-21?;;/t24-,29-,31-,36?;18-,26?;;9-,10?,11-/m01.0/s1. The number of nitrogens with zero attached hydrogens (tertiary/aromatic N) is 8. The van der Waals surface area contributed by atoms with Crippen LogP contribution >= 0.6 is 69.6 Å². The molecule has 137 heavy (non-hydrogen) atoms. The maximum Gasteiger partial charge on any atom is 0.408 e. The van der Waals surface area contributed by atoms with Gasteiger partial charge in [0, 0.05) is 41.7 Å². The second-order valence-corrected chi connectivity index (χ2v) is 40.1. The first kappa shape index (κ1) is 113. The summed E-state index contributed by atoms with van der Waals surface area (Å²) in [5.41, 5.74) is 9.06. The van der Waals surface area contributed by atoms with Crippen LogP contribution < -0.4 is 26.8 Å². The van der Waals surface area contributed by atoms with Gasteiger partial charge in [0.25, 0.3) is 35.6 Å². The van der Waals surface area contributed by atoms with Gasteiger partial charge in [-0.15, -0.1) is 0 Å². The first-order valence-corrected chi connectivity index (χ1v) is 46.4. The Morgan fingerprint density at radius 1 is 0.591 bits per heavy atom. The van der Waals surface area contributed by atoms with E-state index in [0.717, 1.165) is 67.9 Å². The van der Waals surface area contributed by atoms with E-state index in [9.17, 15) is 78.1 Å². The van der Waals surface area contributed by atoms with Crippen LogP contribution in [0.4, 0.5) is 16.2 Å². The van der Waals surface area contributed by atoms with Crippen molar-refractivity contribution in [2.75, 3.05) is 40.5 Å². The molecule has 37 nitrogen and oxygen atoms in total. The summed E-state index contributed by atoms with van der Waals surface area (Å²) in [6, 6.07) is 24.0. The molecule has 2 aliphatic heterocycles. The summed E-state index contributed by atoms with van der Waals surface area (Å²) in [5.74, 6) is -6.90. The molecule has 0 spiro atoms. The predicted octanol–water partition coefficient (Wildman–Crippen LogP) is 15.8. The topological polar surface area (TPSA) is 485 Å². The van der Waals surface area contributed by atoms with Gasteiger partial charge in [-0.05, 0) is 203 Å². The van der Waals surface area contributed by atoms with Gasteiger partial charge in [-0.25, -0.2) is 25.2 Å². The molecular formula is C94H117Cl6N13O24. The van der Waals surface area contributed by atoms with Crippen molar-refractivity contribution in [2.45, 2.75) is 241 Å². The number of ether oxygens (including phenoxy) is 6. The van der Waals surface area contributed by atoms with Crippen molar-refractivity contribution >= 4 is 192 Å². The number of rotatable bonds is 29. The number of fused-ring (bicyclic) bond motifs is 2. The lowest BCUT2D eigenvalue weighted by Gasteiger charge is -2.36. The average molecular weight is 2030 g/mol. The number of hydrazine groups is 2. The molecule has 0 radical (unpaired) electrons. The highest BCUT2D eigenvalue weighted by atomic mass is 35.6. The number of hydrogen-bond donors (Lipinski definition) is 6. The van der Waals surface area contributed by atoms with Crippen molar-refractivity contribution in [3.05, 3.63) is 174 Å². The molecule has 0 bridgehead atoms. The number of esters is 5. The molecule has 2 saturated heterocycles. The Labute approximate surface area is 823 Å². The Morgan fingerprint density at radius 2 is 1.02 bits per heavy atom. The molecule has 4 aromatic carbocycles. The number of nitrogens with one attached hydrogen (secondary N) is 5. The predicted molar refractivity (Wildman–Crippen MR) is 516 cm³/mol. The first-order valence-electron chi connectivity index (χ1n) is 44.2. The van der Waals surface area contributed by atoms with Gasteiger partial charge in [0.2, 0.25) is 13.5 Å². The number of aromatic nitrogens is 2. The molecule has 7 atom stereocenters. The van der Waals surface area contributed by atoms with Crippen LogP contribution in [0.25, 0.3) is 34.0 Å². The van der Waals surface area contributed by atoms with Crippen LogP contribution in [-0.4, -0.2) is 208 Å². The second-order valence-electron chi connectivity index (χ2n) is 35.1. The summed E-state index contributed by atoms with van der Waals surface area (Å²) < 4.78 is 28.0. The molecule has 10 rings (SSSR count). The molecule has 4 fully saturated rings. The number of carbonyl (C=O) groups is 11. The van der Waals surface area contributed by atoms with Gasteiger partial charge in [-0.3, -0.25) is 78.6 Å². The van der Waals surface area contributed by atoms with Crippen molar-refractivity contribution < 1.29 is 106 Å². The largest absolute Gasteiger partial charge is 0.460 e. The number of carbonyl (C=O) groups excluding carboxylic acids is 11. The summed E-state index contributed by atoms with van der Waals surface area (Å²) in [7, 11) is 3.02. The molecule has 2 aliphatic carbocycles. The van der Waals surface area contributed by atoms with Crippen LogP contribution in [0.5, 0.6) is 0 Å². The highest BCUT2D eigenvalue weighted by Crippen LogP contribution is 2.41. The molecule has 4 heterocycles. The third-order valence-corrected chi connectivity index (χ3v) is 22.8. The van der Waals surface area contributed by atoms with Crippen LogP contribution in [0.3, 0.4) is 0 Å². The molecule has 744 valence electrons. The van der Waals surface area contributed by atoms with Crippen molar-refractivity contribution in [3.8, 4) is 0 Å². The molecule has 4 aliphatic rings. The SMILES string of the molecule is CC(C)[C@H](O)C(=O)N[C@@H](C)C(=O)N1CCCC(C(=O)OCC(Cl)(Cl)Cl)N1.CON=C1CCC(/C=C/c2ccc3ccc(C(C)C)nc3c2)(C(=O)O[C@H](C(=O)N[C@@H](C)C(=O)N2CCC[C@@H](C(=O)OCC(Cl)(Cl)Cl)N2)C(C)C)CC1.CON=C1CCC(/C=C/c2ccc3ccc([C@@H](C)NC(=O)OC(C)(C)C)nc3c2)(OC=O)CC1.Cc1cccc([N+](=O)[O-])c1C(=O)OC(=O)c1c(C)cccc1[N+](=O)[O-]. The van der Waals surface area contributed by atoms with Crippen LogP contribution in [0.15, 0.2) is 120 Å². The van der Waals surface area contributed by atoms with Gasteiger partial charge in [-0.1, -0.05) is 200 Å². The zero-order chi connectivity index (χ0) is 102. The average Bonchev–Trinajstić information content (AvgIpc) is 0.788. The van der Waals surface area contributed by atoms with E-state index in [1.807, 2.05) is 107 Å². The number of aryl methyl sites for hydroxylation is 2. The van der Waals surface area contributed by atoms with E-state index in [1.165, 1.54) is 76.2 Å². The lowest BCUT2D eigenvalue weighted by Crippen LogP contribution is -2.60. The Kier molecular flexibility index (Phi) is 42.3. The quantitative estimate of drug-likeness (QED) is 0.00483. The fraction of sp³-hybridized carbons (Fsp3) is 0.500. The summed E-state index contributed by atoms with van der Waals surface area (Å²) in [5, 5.41) is 52.5. The Balaban J connectivity index is 0.000000262. The monoisotopic (exact) mass is 2020 g/mol. The van der Waals surface area contributed by atoms with Gasteiger partial charge in [0.1, 0.15) is 80.0 Å².